The summed E-state index contributed by atoms with van der Waals surface area (Å²) in [6.45, 7) is 3.50. The van der Waals surface area contributed by atoms with E-state index < -0.39 is 16.1 Å². The van der Waals surface area contributed by atoms with E-state index in [1.165, 1.54) is 24.3 Å². The molecule has 3 rings (SSSR count). The minimum Gasteiger partial charge on any atom is -0.508 e. The molecule has 3 aromatic rings. The Bertz CT molecular complexity index is 1140. The molecule has 0 aliphatic carbocycles. The van der Waals surface area contributed by atoms with Crippen LogP contribution in [0, 0.1) is 13.8 Å². The smallest absolute Gasteiger partial charge is 0.339 e. The third kappa shape index (κ3) is 5.26. The average molecular weight is 412 g/mol. The molecule has 0 aliphatic heterocycles. The Morgan fingerprint density at radius 1 is 0.897 bits per heavy atom. The number of rotatable bonds is 5. The maximum absolute atomic E-state index is 12.6. The van der Waals surface area contributed by atoms with Gasteiger partial charge in [-0.2, -0.15) is 8.42 Å². The normalized spacial score (nSPS) is 11.0. The van der Waals surface area contributed by atoms with Crippen molar-refractivity contribution in [1.29, 1.82) is 0 Å². The molecule has 8 heteroatoms. The number of urea groups is 1. The van der Waals surface area contributed by atoms with Crippen molar-refractivity contribution in [3.8, 4) is 11.5 Å². The lowest BCUT2D eigenvalue weighted by Crippen LogP contribution is -2.19. The molecule has 7 nitrogen and oxygen atoms in total. The number of amides is 2. The van der Waals surface area contributed by atoms with Gasteiger partial charge in [0.15, 0.2) is 0 Å². The number of hydrogen-bond donors (Lipinski definition) is 3. The van der Waals surface area contributed by atoms with E-state index in [9.17, 15) is 18.3 Å². The third-order valence-corrected chi connectivity index (χ3v) is 5.43. The zero-order valence-electron chi connectivity index (χ0n) is 15.8. The summed E-state index contributed by atoms with van der Waals surface area (Å²) >= 11 is 0. The van der Waals surface area contributed by atoms with Gasteiger partial charge in [-0.3, -0.25) is 0 Å². The SMILES string of the molecule is Cc1ccc(C)c(S(=O)(=O)Oc2cccc(NC(=O)Nc3ccc(O)cc3)c2)c1. The zero-order valence-corrected chi connectivity index (χ0v) is 16.7. The summed E-state index contributed by atoms with van der Waals surface area (Å²) in [7, 11) is -4.02. The Hall–Kier alpha value is -3.52. The van der Waals surface area contributed by atoms with E-state index in [1.807, 2.05) is 6.07 Å². The van der Waals surface area contributed by atoms with Gasteiger partial charge in [0.25, 0.3) is 0 Å². The molecule has 0 spiro atoms. The molecule has 0 atom stereocenters. The van der Waals surface area contributed by atoms with Crippen LogP contribution in [0.3, 0.4) is 0 Å². The van der Waals surface area contributed by atoms with Crippen LogP contribution in [-0.2, 0) is 10.1 Å². The fourth-order valence-corrected chi connectivity index (χ4v) is 3.85. The number of benzene rings is 3. The third-order valence-electron chi connectivity index (χ3n) is 4.04. The zero-order chi connectivity index (χ0) is 21.0. The number of anilines is 2. The highest BCUT2D eigenvalue weighted by Gasteiger charge is 2.19. The molecular weight excluding hydrogens is 392 g/mol. The molecule has 0 bridgehead atoms. The van der Waals surface area contributed by atoms with Crippen LogP contribution in [0.25, 0.3) is 0 Å². The first kappa shape index (κ1) is 20.2. The molecule has 150 valence electrons. The van der Waals surface area contributed by atoms with Gasteiger partial charge in [0.2, 0.25) is 0 Å². The van der Waals surface area contributed by atoms with Gasteiger partial charge in [0.05, 0.1) is 0 Å². The van der Waals surface area contributed by atoms with E-state index in [4.69, 9.17) is 4.18 Å². The molecule has 0 heterocycles. The van der Waals surface area contributed by atoms with Crippen molar-refractivity contribution >= 4 is 27.5 Å². The fraction of sp³-hybridized carbons (Fsp3) is 0.0952. The van der Waals surface area contributed by atoms with Crippen LogP contribution in [0.15, 0.2) is 71.6 Å². The van der Waals surface area contributed by atoms with Crippen molar-refractivity contribution in [2.24, 2.45) is 0 Å². The second-order valence-electron chi connectivity index (χ2n) is 6.46. The number of carbonyl (C=O) groups excluding carboxylic acids is 1. The van der Waals surface area contributed by atoms with Crippen molar-refractivity contribution in [1.82, 2.24) is 0 Å². The van der Waals surface area contributed by atoms with Gasteiger partial charge in [-0.15, -0.1) is 0 Å². The summed E-state index contributed by atoms with van der Waals surface area (Å²) in [5.74, 6) is 0.166. The van der Waals surface area contributed by atoms with Gasteiger partial charge in [0.1, 0.15) is 16.4 Å². The number of phenolic OH excluding ortho intramolecular Hbond substituents is 1. The first-order valence-electron chi connectivity index (χ1n) is 8.72. The molecule has 0 aliphatic rings. The molecule has 0 saturated carbocycles. The van der Waals surface area contributed by atoms with Gasteiger partial charge in [-0.25, -0.2) is 4.79 Å². The summed E-state index contributed by atoms with van der Waals surface area (Å²) in [6.07, 6.45) is 0. The van der Waals surface area contributed by atoms with Gasteiger partial charge in [-0.1, -0.05) is 18.2 Å². The van der Waals surface area contributed by atoms with Crippen molar-refractivity contribution < 1.29 is 22.5 Å². The lowest BCUT2D eigenvalue weighted by molar-refractivity contribution is 0.262. The van der Waals surface area contributed by atoms with Crippen molar-refractivity contribution in [3.05, 3.63) is 77.9 Å². The first-order chi connectivity index (χ1) is 13.7. The number of nitrogens with one attached hydrogen (secondary N) is 2. The van der Waals surface area contributed by atoms with Gasteiger partial charge >= 0.3 is 16.1 Å². The maximum Gasteiger partial charge on any atom is 0.339 e. The monoisotopic (exact) mass is 412 g/mol. The highest BCUT2D eigenvalue weighted by molar-refractivity contribution is 7.87. The van der Waals surface area contributed by atoms with E-state index in [-0.39, 0.29) is 16.4 Å². The van der Waals surface area contributed by atoms with E-state index >= 15 is 0 Å². The second-order valence-corrected chi connectivity index (χ2v) is 7.97. The van der Waals surface area contributed by atoms with Crippen LogP contribution in [-0.4, -0.2) is 19.6 Å². The summed E-state index contributed by atoms with van der Waals surface area (Å²) in [4.78, 5) is 12.2. The molecule has 2 amide bonds. The first-order valence-corrected chi connectivity index (χ1v) is 10.1. The predicted molar refractivity (Wildman–Crippen MR) is 111 cm³/mol. The van der Waals surface area contributed by atoms with Crippen LogP contribution in [0.4, 0.5) is 16.2 Å². The minimum atomic E-state index is -4.02. The lowest BCUT2D eigenvalue weighted by Gasteiger charge is -2.12. The van der Waals surface area contributed by atoms with Gasteiger partial charge < -0.3 is 19.9 Å². The number of phenols is 1. The van der Waals surface area contributed by atoms with Crippen LogP contribution in [0.1, 0.15) is 11.1 Å². The quantitative estimate of drug-likeness (QED) is 0.425. The highest BCUT2D eigenvalue weighted by atomic mass is 32.2. The summed E-state index contributed by atoms with van der Waals surface area (Å²) in [5.41, 5.74) is 2.23. The Morgan fingerprint density at radius 2 is 1.59 bits per heavy atom. The van der Waals surface area contributed by atoms with E-state index in [0.717, 1.165) is 5.56 Å². The number of aryl methyl sites for hydroxylation is 2. The summed E-state index contributed by atoms with van der Waals surface area (Å²) in [6, 6.07) is 16.6. The summed E-state index contributed by atoms with van der Waals surface area (Å²) < 4.78 is 30.5. The molecule has 3 aromatic carbocycles. The largest absolute Gasteiger partial charge is 0.508 e. The number of carbonyl (C=O) groups is 1. The topological polar surface area (TPSA) is 105 Å². The Kier molecular flexibility index (Phi) is 5.74. The molecule has 0 saturated heterocycles. The molecule has 3 N–H and O–H groups in total. The van der Waals surface area contributed by atoms with Gasteiger partial charge in [-0.05, 0) is 67.4 Å². The van der Waals surface area contributed by atoms with Crippen molar-refractivity contribution in [2.45, 2.75) is 18.7 Å². The van der Waals surface area contributed by atoms with Crippen LogP contribution < -0.4 is 14.8 Å². The van der Waals surface area contributed by atoms with Crippen molar-refractivity contribution in [2.75, 3.05) is 10.6 Å². The fourth-order valence-electron chi connectivity index (χ4n) is 2.61. The molecule has 29 heavy (non-hydrogen) atoms. The molecule has 0 aromatic heterocycles. The standard InChI is InChI=1S/C21H20N2O5S/c1-14-6-7-15(2)20(12-14)29(26,27)28-19-5-3-4-17(13-19)23-21(25)22-16-8-10-18(24)11-9-16/h3-13,24H,1-2H3,(H2,22,23,25). The molecule has 0 radical (unpaired) electrons. The molecule has 0 unspecified atom stereocenters. The van der Waals surface area contributed by atoms with Gasteiger partial charge in [0, 0.05) is 17.4 Å². The van der Waals surface area contributed by atoms with E-state index in [2.05, 4.69) is 10.6 Å². The number of hydrogen-bond acceptors (Lipinski definition) is 5. The average Bonchev–Trinajstić information content (AvgIpc) is 2.65. The molecular formula is C21H20N2O5S. The summed E-state index contributed by atoms with van der Waals surface area (Å²) in [5, 5.41) is 14.5. The second kappa shape index (κ2) is 8.24. The lowest BCUT2D eigenvalue weighted by atomic mass is 10.2. The predicted octanol–water partition coefficient (Wildman–Crippen LogP) is 4.42. The Labute approximate surface area is 169 Å². The maximum atomic E-state index is 12.6. The van der Waals surface area contributed by atoms with Crippen molar-refractivity contribution in [3.63, 3.8) is 0 Å². The van der Waals surface area contributed by atoms with E-state index in [0.29, 0.717) is 16.9 Å². The van der Waals surface area contributed by atoms with Crippen LogP contribution in [0.5, 0.6) is 11.5 Å². The van der Waals surface area contributed by atoms with Crippen LogP contribution in [0.2, 0.25) is 0 Å². The van der Waals surface area contributed by atoms with E-state index in [1.54, 1.807) is 50.2 Å². The highest BCUT2D eigenvalue weighted by Crippen LogP contribution is 2.24. The minimum absolute atomic E-state index is 0.0772. The van der Waals surface area contributed by atoms with Crippen LogP contribution >= 0.6 is 0 Å². The number of aromatic hydroxyl groups is 1. The molecule has 0 fully saturated rings. The Morgan fingerprint density at radius 3 is 2.31 bits per heavy atom. The Balaban J connectivity index is 1.73.